The lowest BCUT2D eigenvalue weighted by Gasteiger charge is -2.08. The maximum atomic E-state index is 12.9. The molecule has 1 aromatic carbocycles. The molecule has 0 fully saturated rings. The molecule has 0 bridgehead atoms. The van der Waals surface area contributed by atoms with Gasteiger partial charge in [0.05, 0.1) is 10.5 Å². The van der Waals surface area contributed by atoms with Crippen LogP contribution in [0.5, 0.6) is 0 Å². The van der Waals surface area contributed by atoms with Crippen LogP contribution in [0.4, 0.5) is 0 Å². The number of nitrogens with zero attached hydrogens (tertiary/aromatic N) is 6. The van der Waals surface area contributed by atoms with Crippen molar-refractivity contribution in [2.45, 2.75) is 15.1 Å². The summed E-state index contributed by atoms with van der Waals surface area (Å²) in [6, 6.07) is 5.69. The molecule has 0 aliphatic carbocycles. The molecule has 26 heavy (non-hydrogen) atoms. The fourth-order valence-corrected chi connectivity index (χ4v) is 3.78. The lowest BCUT2D eigenvalue weighted by Crippen LogP contribution is -2.08. The highest BCUT2D eigenvalue weighted by atomic mass is 35.5. The van der Waals surface area contributed by atoms with Crippen molar-refractivity contribution in [2.75, 3.05) is 6.26 Å². The van der Waals surface area contributed by atoms with Gasteiger partial charge in [-0.05, 0) is 34.3 Å². The fraction of sp³-hybridized carbons (Fsp3) is 0.143. The van der Waals surface area contributed by atoms with Gasteiger partial charge in [-0.2, -0.15) is 0 Å². The maximum absolute atomic E-state index is 12.9. The van der Waals surface area contributed by atoms with Gasteiger partial charge in [-0.15, -0.1) is 5.10 Å². The first-order valence-electron chi connectivity index (χ1n) is 7.03. The van der Waals surface area contributed by atoms with E-state index in [4.69, 9.17) is 11.6 Å². The van der Waals surface area contributed by atoms with E-state index in [1.54, 1.807) is 7.05 Å². The second kappa shape index (κ2) is 7.09. The zero-order valence-electron chi connectivity index (χ0n) is 13.5. The molecule has 9 nitrogen and oxygen atoms in total. The standard InChI is InChI=1S/C14H11ClN6O3S2/c1-21-14(18-19-20-21)25-13-10(12(15)16-7-17-13)11(22)8-4-3-5-9(6-8)26(2,23)24/h3-7H,1-2H3. The predicted octanol–water partition coefficient (Wildman–Crippen LogP) is 1.44. The number of carbonyl (C=O) groups excluding carboxylic acids is 1. The summed E-state index contributed by atoms with van der Waals surface area (Å²) in [6.45, 7) is 0. The van der Waals surface area contributed by atoms with Crippen LogP contribution < -0.4 is 0 Å². The zero-order valence-corrected chi connectivity index (χ0v) is 15.9. The Bertz CT molecular complexity index is 1100. The Hall–Kier alpha value is -2.37. The molecule has 0 unspecified atom stereocenters. The minimum absolute atomic E-state index is 0.0306. The number of ketones is 1. The maximum Gasteiger partial charge on any atom is 0.215 e. The molecule has 0 amide bonds. The van der Waals surface area contributed by atoms with Crippen molar-refractivity contribution in [2.24, 2.45) is 7.05 Å². The van der Waals surface area contributed by atoms with Crippen molar-refractivity contribution >= 4 is 39.0 Å². The van der Waals surface area contributed by atoms with Gasteiger partial charge in [0.25, 0.3) is 0 Å². The molecule has 3 rings (SSSR count). The SMILES string of the molecule is Cn1nnnc1Sc1ncnc(Cl)c1C(=O)c1cccc(S(C)(=O)=O)c1. The minimum Gasteiger partial charge on any atom is -0.288 e. The number of sulfone groups is 1. The van der Waals surface area contributed by atoms with Gasteiger partial charge in [-0.1, -0.05) is 23.7 Å². The van der Waals surface area contributed by atoms with E-state index in [0.29, 0.717) is 5.16 Å². The summed E-state index contributed by atoms with van der Waals surface area (Å²) in [5, 5.41) is 11.7. The fourth-order valence-electron chi connectivity index (χ4n) is 2.02. The van der Waals surface area contributed by atoms with Crippen molar-refractivity contribution in [3.05, 3.63) is 46.9 Å². The first kappa shape index (κ1) is 18.4. The smallest absolute Gasteiger partial charge is 0.215 e. The second-order valence-corrected chi connectivity index (χ2v) is 8.49. The average molecular weight is 411 g/mol. The van der Waals surface area contributed by atoms with Crippen molar-refractivity contribution in [1.29, 1.82) is 0 Å². The molecule has 0 saturated carbocycles. The van der Waals surface area contributed by atoms with Gasteiger partial charge >= 0.3 is 0 Å². The molecule has 12 heteroatoms. The highest BCUT2D eigenvalue weighted by Crippen LogP contribution is 2.31. The predicted molar refractivity (Wildman–Crippen MR) is 92.9 cm³/mol. The topological polar surface area (TPSA) is 121 Å². The number of aryl methyl sites for hydroxylation is 1. The van der Waals surface area contributed by atoms with E-state index in [1.165, 1.54) is 35.3 Å². The van der Waals surface area contributed by atoms with E-state index >= 15 is 0 Å². The van der Waals surface area contributed by atoms with Crippen molar-refractivity contribution in [3.63, 3.8) is 0 Å². The molecule has 134 valence electrons. The van der Waals surface area contributed by atoms with E-state index in [2.05, 4.69) is 25.5 Å². The Labute approximate surface area is 157 Å². The quantitative estimate of drug-likeness (QED) is 0.454. The van der Waals surface area contributed by atoms with Crippen LogP contribution in [0.3, 0.4) is 0 Å². The summed E-state index contributed by atoms with van der Waals surface area (Å²) >= 11 is 7.17. The van der Waals surface area contributed by atoms with Crippen LogP contribution in [-0.2, 0) is 16.9 Å². The molecule has 0 radical (unpaired) electrons. The molecule has 3 aromatic rings. The second-order valence-electron chi connectivity index (χ2n) is 5.16. The number of aromatic nitrogens is 6. The first-order chi connectivity index (χ1) is 12.3. The Morgan fingerprint density at radius 3 is 2.69 bits per heavy atom. The summed E-state index contributed by atoms with van der Waals surface area (Å²) in [6.07, 6.45) is 2.29. The summed E-state index contributed by atoms with van der Waals surface area (Å²) in [5.74, 6) is -0.501. The van der Waals surface area contributed by atoms with Crippen molar-refractivity contribution < 1.29 is 13.2 Å². The third-order valence-corrected chi connectivity index (χ3v) is 5.72. The molecule has 2 heterocycles. The third kappa shape index (κ3) is 3.74. The van der Waals surface area contributed by atoms with Crippen LogP contribution in [0, 0.1) is 0 Å². The van der Waals surface area contributed by atoms with Crippen LogP contribution in [0.2, 0.25) is 5.15 Å². The van der Waals surface area contributed by atoms with Gasteiger partial charge in [-0.25, -0.2) is 23.1 Å². The van der Waals surface area contributed by atoms with Crippen LogP contribution in [0.1, 0.15) is 15.9 Å². The Morgan fingerprint density at radius 2 is 2.04 bits per heavy atom. The van der Waals surface area contributed by atoms with Crippen LogP contribution in [0.25, 0.3) is 0 Å². The number of tetrazole rings is 1. The molecular weight excluding hydrogens is 400 g/mol. The summed E-state index contributed by atoms with van der Waals surface area (Å²) in [5.41, 5.74) is 0.204. The average Bonchev–Trinajstić information content (AvgIpc) is 2.99. The number of hydrogen-bond acceptors (Lipinski definition) is 9. The van der Waals surface area contributed by atoms with Crippen molar-refractivity contribution in [1.82, 2.24) is 30.2 Å². The number of benzene rings is 1. The summed E-state index contributed by atoms with van der Waals surface area (Å²) in [4.78, 5) is 20.9. The van der Waals surface area contributed by atoms with Gasteiger partial charge in [-0.3, -0.25) is 4.79 Å². The number of hydrogen-bond donors (Lipinski definition) is 0. The molecule has 0 aliphatic rings. The van der Waals surface area contributed by atoms with E-state index in [1.807, 2.05) is 0 Å². The molecule has 0 spiro atoms. The molecule has 2 aromatic heterocycles. The largest absolute Gasteiger partial charge is 0.288 e. The lowest BCUT2D eigenvalue weighted by molar-refractivity contribution is 0.103. The lowest BCUT2D eigenvalue weighted by atomic mass is 10.1. The third-order valence-electron chi connectivity index (χ3n) is 3.29. The van der Waals surface area contributed by atoms with Crippen LogP contribution in [-0.4, -0.2) is 50.6 Å². The van der Waals surface area contributed by atoms with Crippen LogP contribution >= 0.6 is 23.4 Å². The Kier molecular flexibility index (Phi) is 5.03. The van der Waals surface area contributed by atoms with Crippen LogP contribution in [0.15, 0.2) is 45.7 Å². The summed E-state index contributed by atoms with van der Waals surface area (Å²) in [7, 11) is -1.82. The van der Waals surface area contributed by atoms with Crippen molar-refractivity contribution in [3.8, 4) is 0 Å². The minimum atomic E-state index is -3.46. The van der Waals surface area contributed by atoms with E-state index < -0.39 is 15.6 Å². The van der Waals surface area contributed by atoms with E-state index in [-0.39, 0.29) is 26.2 Å². The molecule has 0 saturated heterocycles. The van der Waals surface area contributed by atoms with Gasteiger partial charge in [0.1, 0.15) is 16.5 Å². The monoisotopic (exact) mass is 410 g/mol. The first-order valence-corrected chi connectivity index (χ1v) is 10.1. The highest BCUT2D eigenvalue weighted by Gasteiger charge is 2.23. The Morgan fingerprint density at radius 1 is 1.27 bits per heavy atom. The molecule has 0 atom stereocenters. The van der Waals surface area contributed by atoms with Gasteiger partial charge in [0.15, 0.2) is 15.6 Å². The number of carbonyl (C=O) groups is 1. The van der Waals surface area contributed by atoms with E-state index in [0.717, 1.165) is 18.0 Å². The number of halogens is 1. The van der Waals surface area contributed by atoms with Gasteiger partial charge in [0, 0.05) is 18.9 Å². The molecule has 0 aliphatic heterocycles. The van der Waals surface area contributed by atoms with Gasteiger partial charge in [0.2, 0.25) is 5.16 Å². The highest BCUT2D eigenvalue weighted by molar-refractivity contribution is 7.99. The van der Waals surface area contributed by atoms with Gasteiger partial charge < -0.3 is 0 Å². The molecule has 0 N–H and O–H groups in total. The Balaban J connectivity index is 2.07. The molecular formula is C14H11ClN6O3S2. The zero-order chi connectivity index (χ0) is 18.9. The van der Waals surface area contributed by atoms with E-state index in [9.17, 15) is 13.2 Å². The summed E-state index contributed by atoms with van der Waals surface area (Å²) < 4.78 is 24.9. The normalized spacial score (nSPS) is 11.5. The number of rotatable bonds is 5.